The quantitative estimate of drug-likeness (QED) is 0.0240. The van der Waals surface area contributed by atoms with E-state index in [0.717, 1.165) is 25.7 Å². The fourth-order valence-corrected chi connectivity index (χ4v) is 6.47. The van der Waals surface area contributed by atoms with Crippen LogP contribution in [0.2, 0.25) is 0 Å². The number of allylic oxidation sites excluding steroid dienone is 1. The van der Waals surface area contributed by atoms with Gasteiger partial charge in [0.1, 0.15) is 12.6 Å². The van der Waals surface area contributed by atoms with Crippen molar-refractivity contribution in [3.8, 4) is 0 Å². The monoisotopic (exact) mass is 734 g/mol. The third-order valence-electron chi connectivity index (χ3n) is 8.89. The standard InChI is InChI=1S/C39H76NO9P/c1-3-5-7-9-11-13-15-17-19-21-23-25-27-29-31-38(41)49-36(34-47-50(44,45)48-35-37(40)39(42)43)33-46-32-30-28-26-24-22-20-18-16-14-12-10-8-6-4-2/h30,32,36-37H,3-29,31,33-35,40H2,1-2H3,(H,42,43)(H,44,45)/b32-30-/t36-,37+/m1/s1. The molecule has 0 aliphatic carbocycles. The molecule has 0 heterocycles. The van der Waals surface area contributed by atoms with Crippen molar-refractivity contribution in [3.05, 3.63) is 12.3 Å². The number of carboxylic acid groups (broad SMARTS) is 1. The Balaban J connectivity index is 4.31. The van der Waals surface area contributed by atoms with Crippen LogP contribution in [-0.4, -0.2) is 53.9 Å². The average Bonchev–Trinajstić information content (AvgIpc) is 3.09. The fraction of sp³-hybridized carbons (Fsp3) is 0.897. The van der Waals surface area contributed by atoms with Crippen LogP contribution in [0.3, 0.4) is 0 Å². The van der Waals surface area contributed by atoms with E-state index in [4.69, 9.17) is 24.8 Å². The predicted octanol–water partition coefficient (Wildman–Crippen LogP) is 10.9. The molecule has 3 atom stereocenters. The van der Waals surface area contributed by atoms with Crippen LogP contribution in [0.25, 0.3) is 0 Å². The summed E-state index contributed by atoms with van der Waals surface area (Å²) in [6.45, 7) is 3.28. The lowest BCUT2D eigenvalue weighted by atomic mass is 10.0. The summed E-state index contributed by atoms with van der Waals surface area (Å²) in [5, 5.41) is 8.87. The van der Waals surface area contributed by atoms with Gasteiger partial charge in [0.15, 0.2) is 6.10 Å². The molecule has 0 fully saturated rings. The van der Waals surface area contributed by atoms with E-state index in [1.807, 2.05) is 6.08 Å². The normalized spacial score (nSPS) is 14.1. The number of rotatable bonds is 39. The third-order valence-corrected chi connectivity index (χ3v) is 9.84. The van der Waals surface area contributed by atoms with Gasteiger partial charge in [0, 0.05) is 6.42 Å². The summed E-state index contributed by atoms with van der Waals surface area (Å²) in [6, 6.07) is -1.48. The van der Waals surface area contributed by atoms with Crippen molar-refractivity contribution < 1.29 is 42.7 Å². The molecule has 0 aromatic heterocycles. The van der Waals surface area contributed by atoms with Crippen molar-refractivity contribution in [1.82, 2.24) is 0 Å². The number of ether oxygens (including phenoxy) is 2. The predicted molar refractivity (Wildman–Crippen MR) is 203 cm³/mol. The van der Waals surface area contributed by atoms with E-state index in [-0.39, 0.29) is 13.0 Å². The van der Waals surface area contributed by atoms with Gasteiger partial charge in [-0.3, -0.25) is 18.6 Å². The van der Waals surface area contributed by atoms with Crippen molar-refractivity contribution >= 4 is 19.8 Å². The molecular weight excluding hydrogens is 657 g/mol. The van der Waals surface area contributed by atoms with Gasteiger partial charge in [-0.25, -0.2) is 4.57 Å². The number of phosphoric ester groups is 1. The Hall–Kier alpha value is -1.45. The minimum absolute atomic E-state index is 0.0614. The smallest absolute Gasteiger partial charge is 0.472 e. The molecule has 0 amide bonds. The number of nitrogens with two attached hydrogens (primary N) is 1. The first-order chi connectivity index (χ1) is 24.2. The fourth-order valence-electron chi connectivity index (χ4n) is 5.69. The third kappa shape index (κ3) is 35.0. The lowest BCUT2D eigenvalue weighted by molar-refractivity contribution is -0.153. The molecule has 11 heteroatoms. The van der Waals surface area contributed by atoms with Gasteiger partial charge >= 0.3 is 19.8 Å². The van der Waals surface area contributed by atoms with E-state index in [2.05, 4.69) is 18.4 Å². The Kier molecular flexibility index (Phi) is 34.9. The number of hydrogen-bond donors (Lipinski definition) is 3. The molecule has 0 spiro atoms. The highest BCUT2D eigenvalue weighted by molar-refractivity contribution is 7.47. The summed E-state index contributed by atoms with van der Waals surface area (Å²) in [7, 11) is -4.62. The topological polar surface area (TPSA) is 155 Å². The molecule has 0 aliphatic rings. The molecule has 0 radical (unpaired) electrons. The number of carboxylic acids is 1. The van der Waals surface area contributed by atoms with Gasteiger partial charge in [0.25, 0.3) is 0 Å². The Morgan fingerprint density at radius 1 is 0.620 bits per heavy atom. The van der Waals surface area contributed by atoms with Gasteiger partial charge in [-0.15, -0.1) is 0 Å². The van der Waals surface area contributed by atoms with Gasteiger partial charge in [-0.2, -0.15) is 0 Å². The summed E-state index contributed by atoms with van der Waals surface area (Å²) in [6.07, 6.45) is 36.3. The molecule has 0 aliphatic heterocycles. The summed E-state index contributed by atoms with van der Waals surface area (Å²) < 4.78 is 33.0. The zero-order valence-corrected chi connectivity index (χ0v) is 32.9. The highest BCUT2D eigenvalue weighted by Gasteiger charge is 2.27. The zero-order valence-electron chi connectivity index (χ0n) is 32.0. The van der Waals surface area contributed by atoms with Gasteiger partial charge in [0.05, 0.1) is 19.5 Å². The molecule has 0 saturated carbocycles. The summed E-state index contributed by atoms with van der Waals surface area (Å²) in [5.74, 6) is -1.80. The summed E-state index contributed by atoms with van der Waals surface area (Å²) in [5.41, 5.74) is 5.34. The average molecular weight is 734 g/mol. The summed E-state index contributed by atoms with van der Waals surface area (Å²) >= 11 is 0. The first-order valence-electron chi connectivity index (χ1n) is 20.3. The molecule has 0 rings (SSSR count). The highest BCUT2D eigenvalue weighted by atomic mass is 31.2. The van der Waals surface area contributed by atoms with Crippen LogP contribution in [0, 0.1) is 0 Å². The van der Waals surface area contributed by atoms with Gasteiger partial charge in [0.2, 0.25) is 0 Å². The Labute approximate surface area is 305 Å². The van der Waals surface area contributed by atoms with Crippen LogP contribution in [0.15, 0.2) is 12.3 Å². The lowest BCUT2D eigenvalue weighted by Crippen LogP contribution is -2.34. The number of unbranched alkanes of at least 4 members (excludes halogenated alkanes) is 25. The maximum absolute atomic E-state index is 12.6. The van der Waals surface area contributed by atoms with E-state index in [1.54, 1.807) is 6.26 Å². The van der Waals surface area contributed by atoms with Crippen molar-refractivity contribution in [1.29, 1.82) is 0 Å². The molecule has 50 heavy (non-hydrogen) atoms. The molecule has 0 aromatic rings. The van der Waals surface area contributed by atoms with Crippen LogP contribution in [0.4, 0.5) is 0 Å². The zero-order chi connectivity index (χ0) is 37.0. The molecule has 296 valence electrons. The number of carbonyl (C=O) groups is 2. The first kappa shape index (κ1) is 48.5. The molecule has 0 saturated heterocycles. The second kappa shape index (κ2) is 35.9. The van der Waals surface area contributed by atoms with E-state index >= 15 is 0 Å². The Bertz CT molecular complexity index is 857. The van der Waals surface area contributed by atoms with Crippen molar-refractivity contribution in [3.63, 3.8) is 0 Å². The largest absolute Gasteiger partial charge is 0.498 e. The van der Waals surface area contributed by atoms with E-state index in [1.165, 1.54) is 141 Å². The Morgan fingerprint density at radius 3 is 1.46 bits per heavy atom. The second-order valence-electron chi connectivity index (χ2n) is 13.8. The maximum Gasteiger partial charge on any atom is 0.472 e. The first-order valence-corrected chi connectivity index (χ1v) is 21.8. The van der Waals surface area contributed by atoms with Crippen molar-refractivity contribution in [2.24, 2.45) is 5.73 Å². The van der Waals surface area contributed by atoms with Crippen LogP contribution in [0.5, 0.6) is 0 Å². The van der Waals surface area contributed by atoms with Crippen LogP contribution in [-0.2, 0) is 32.7 Å². The number of carbonyl (C=O) groups excluding carboxylic acids is 1. The molecule has 0 bridgehead atoms. The minimum atomic E-state index is -4.62. The van der Waals surface area contributed by atoms with Crippen LogP contribution < -0.4 is 5.73 Å². The second-order valence-corrected chi connectivity index (χ2v) is 15.3. The lowest BCUT2D eigenvalue weighted by Gasteiger charge is -2.20. The van der Waals surface area contributed by atoms with Gasteiger partial charge in [-0.05, 0) is 25.3 Å². The maximum atomic E-state index is 12.6. The van der Waals surface area contributed by atoms with E-state index in [9.17, 15) is 19.0 Å². The van der Waals surface area contributed by atoms with Gasteiger partial charge < -0.3 is 25.2 Å². The van der Waals surface area contributed by atoms with Crippen molar-refractivity contribution in [2.75, 3.05) is 19.8 Å². The molecule has 4 N–H and O–H groups in total. The number of esters is 1. The van der Waals surface area contributed by atoms with Crippen LogP contribution in [0.1, 0.15) is 194 Å². The number of hydrogen-bond acceptors (Lipinski definition) is 8. The Morgan fingerprint density at radius 2 is 1.02 bits per heavy atom. The molecule has 1 unspecified atom stereocenters. The van der Waals surface area contributed by atoms with E-state index < -0.39 is 45.1 Å². The molecule has 10 nitrogen and oxygen atoms in total. The number of phosphoric acid groups is 1. The highest BCUT2D eigenvalue weighted by Crippen LogP contribution is 2.43. The van der Waals surface area contributed by atoms with E-state index in [0.29, 0.717) is 6.42 Å². The van der Waals surface area contributed by atoms with Crippen LogP contribution >= 0.6 is 7.82 Å². The SMILES string of the molecule is CCCCCCCCCCCCCC/C=C\OC[C@H](COP(=O)(O)OC[C@H](N)C(=O)O)OC(=O)CCCCCCCCCCCCCCCC. The molecular formula is C39H76NO9P. The van der Waals surface area contributed by atoms with Crippen molar-refractivity contribution in [2.45, 2.75) is 206 Å². The molecule has 0 aromatic carbocycles. The number of aliphatic carboxylic acids is 1. The summed E-state index contributed by atoms with van der Waals surface area (Å²) in [4.78, 5) is 33.4. The van der Waals surface area contributed by atoms with Gasteiger partial charge in [-0.1, -0.05) is 168 Å². The minimum Gasteiger partial charge on any atom is -0.498 e.